The van der Waals surface area contributed by atoms with Gasteiger partial charge in [-0.25, -0.2) is 0 Å². The SMILES string of the molecule is CC(NC1CC(O)C1(C)C)c1cccc(Cl)c1Cl. The number of halogens is 2. The third-order valence-corrected chi connectivity index (χ3v) is 4.95. The molecular formula is C14H19Cl2NO. The number of aliphatic hydroxyl groups excluding tert-OH is 1. The van der Waals surface area contributed by atoms with Gasteiger partial charge in [-0.1, -0.05) is 49.2 Å². The van der Waals surface area contributed by atoms with Gasteiger partial charge in [0.1, 0.15) is 0 Å². The minimum absolute atomic E-state index is 0.0840. The van der Waals surface area contributed by atoms with Crippen molar-refractivity contribution in [2.45, 2.75) is 45.4 Å². The Labute approximate surface area is 118 Å². The Bertz CT molecular complexity index is 447. The largest absolute Gasteiger partial charge is 0.392 e. The van der Waals surface area contributed by atoms with Crippen molar-refractivity contribution in [3.63, 3.8) is 0 Å². The Morgan fingerprint density at radius 3 is 2.61 bits per heavy atom. The third-order valence-electron chi connectivity index (χ3n) is 4.12. The van der Waals surface area contributed by atoms with Gasteiger partial charge in [-0.15, -0.1) is 0 Å². The number of hydrogen-bond donors (Lipinski definition) is 2. The topological polar surface area (TPSA) is 32.3 Å². The van der Waals surface area contributed by atoms with E-state index in [4.69, 9.17) is 23.2 Å². The van der Waals surface area contributed by atoms with Crippen molar-refractivity contribution in [2.24, 2.45) is 5.41 Å². The first-order valence-electron chi connectivity index (χ1n) is 6.22. The van der Waals surface area contributed by atoms with E-state index in [1.54, 1.807) is 6.07 Å². The summed E-state index contributed by atoms with van der Waals surface area (Å²) in [7, 11) is 0. The standard InChI is InChI=1S/C14H19Cl2NO/c1-8(9-5-4-6-10(15)13(9)16)17-11-7-12(18)14(11,2)3/h4-6,8,11-12,17-18H,7H2,1-3H3. The first-order chi connectivity index (χ1) is 8.34. The molecule has 18 heavy (non-hydrogen) atoms. The van der Waals surface area contributed by atoms with Gasteiger partial charge in [0, 0.05) is 17.5 Å². The number of aliphatic hydroxyl groups is 1. The molecule has 1 aromatic rings. The number of rotatable bonds is 3. The maximum Gasteiger partial charge on any atom is 0.0639 e. The Balaban J connectivity index is 2.09. The van der Waals surface area contributed by atoms with Crippen LogP contribution in [0.5, 0.6) is 0 Å². The highest BCUT2D eigenvalue weighted by molar-refractivity contribution is 6.42. The van der Waals surface area contributed by atoms with Gasteiger partial charge >= 0.3 is 0 Å². The molecule has 100 valence electrons. The average molecular weight is 288 g/mol. The van der Waals surface area contributed by atoms with Crippen molar-refractivity contribution < 1.29 is 5.11 Å². The Hall–Kier alpha value is -0.280. The van der Waals surface area contributed by atoms with Crippen LogP contribution >= 0.6 is 23.2 Å². The van der Waals surface area contributed by atoms with Gasteiger partial charge in [-0.2, -0.15) is 0 Å². The summed E-state index contributed by atoms with van der Waals surface area (Å²) in [5.74, 6) is 0. The van der Waals surface area contributed by atoms with E-state index in [-0.39, 0.29) is 17.6 Å². The van der Waals surface area contributed by atoms with E-state index in [0.717, 1.165) is 12.0 Å². The Morgan fingerprint density at radius 1 is 1.39 bits per heavy atom. The maximum absolute atomic E-state index is 9.74. The normalized spacial score (nSPS) is 27.7. The molecule has 3 atom stereocenters. The minimum atomic E-state index is -0.225. The summed E-state index contributed by atoms with van der Waals surface area (Å²) in [5, 5.41) is 14.4. The van der Waals surface area contributed by atoms with Gasteiger partial charge in [-0.3, -0.25) is 0 Å². The van der Waals surface area contributed by atoms with Crippen molar-refractivity contribution in [1.29, 1.82) is 0 Å². The average Bonchev–Trinajstić information content (AvgIpc) is 2.32. The highest BCUT2D eigenvalue weighted by Gasteiger charge is 2.47. The maximum atomic E-state index is 9.74. The smallest absolute Gasteiger partial charge is 0.0639 e. The lowest BCUT2D eigenvalue weighted by atomic mass is 9.64. The molecule has 1 aliphatic rings. The molecule has 1 aromatic carbocycles. The predicted octanol–water partition coefficient (Wildman–Crippen LogP) is 3.80. The van der Waals surface area contributed by atoms with Crippen LogP contribution in [0.25, 0.3) is 0 Å². The molecule has 0 aromatic heterocycles. The van der Waals surface area contributed by atoms with Crippen LogP contribution in [0.3, 0.4) is 0 Å². The lowest BCUT2D eigenvalue weighted by Crippen LogP contribution is -2.60. The van der Waals surface area contributed by atoms with E-state index < -0.39 is 0 Å². The van der Waals surface area contributed by atoms with Gasteiger partial charge in [-0.05, 0) is 25.0 Å². The van der Waals surface area contributed by atoms with Crippen LogP contribution < -0.4 is 5.32 Å². The van der Waals surface area contributed by atoms with Gasteiger partial charge in [0.2, 0.25) is 0 Å². The Kier molecular flexibility index (Phi) is 3.93. The molecule has 0 radical (unpaired) electrons. The number of hydrogen-bond acceptors (Lipinski definition) is 2. The van der Waals surface area contributed by atoms with Crippen molar-refractivity contribution in [1.82, 2.24) is 5.32 Å². The zero-order valence-electron chi connectivity index (χ0n) is 10.9. The van der Waals surface area contributed by atoms with Crippen LogP contribution in [0, 0.1) is 5.41 Å². The predicted molar refractivity (Wildman–Crippen MR) is 76.2 cm³/mol. The van der Waals surface area contributed by atoms with Crippen molar-refractivity contribution in [3.8, 4) is 0 Å². The molecule has 0 bridgehead atoms. The molecule has 2 nitrogen and oxygen atoms in total. The second-order valence-electron chi connectivity index (χ2n) is 5.66. The molecule has 1 fully saturated rings. The minimum Gasteiger partial charge on any atom is -0.392 e. The summed E-state index contributed by atoms with van der Waals surface area (Å²) in [6, 6.07) is 6.10. The second-order valence-corrected chi connectivity index (χ2v) is 6.44. The van der Waals surface area contributed by atoms with E-state index in [2.05, 4.69) is 26.1 Å². The fourth-order valence-electron chi connectivity index (χ4n) is 2.43. The van der Waals surface area contributed by atoms with Gasteiger partial charge in [0.05, 0.1) is 16.1 Å². The van der Waals surface area contributed by atoms with Crippen molar-refractivity contribution >= 4 is 23.2 Å². The Morgan fingerprint density at radius 2 is 2.06 bits per heavy atom. The summed E-state index contributed by atoms with van der Waals surface area (Å²) >= 11 is 12.2. The van der Waals surface area contributed by atoms with Crippen LogP contribution in [0.2, 0.25) is 10.0 Å². The lowest BCUT2D eigenvalue weighted by molar-refractivity contribution is -0.0754. The monoisotopic (exact) mass is 287 g/mol. The molecule has 4 heteroatoms. The molecule has 1 saturated carbocycles. The summed E-state index contributed by atoms with van der Waals surface area (Å²) < 4.78 is 0. The fraction of sp³-hybridized carbons (Fsp3) is 0.571. The summed E-state index contributed by atoms with van der Waals surface area (Å²) in [4.78, 5) is 0. The lowest BCUT2D eigenvalue weighted by Gasteiger charge is -2.50. The first kappa shape index (κ1) is 14.1. The summed E-state index contributed by atoms with van der Waals surface area (Å²) in [6.45, 7) is 6.22. The number of benzene rings is 1. The van der Waals surface area contributed by atoms with Gasteiger partial charge in [0.25, 0.3) is 0 Å². The molecule has 2 rings (SSSR count). The highest BCUT2D eigenvalue weighted by atomic mass is 35.5. The number of nitrogens with one attached hydrogen (secondary N) is 1. The molecule has 0 aliphatic heterocycles. The fourth-order valence-corrected chi connectivity index (χ4v) is 2.90. The van der Waals surface area contributed by atoms with E-state index in [1.807, 2.05) is 12.1 Å². The van der Waals surface area contributed by atoms with E-state index in [9.17, 15) is 5.11 Å². The van der Waals surface area contributed by atoms with E-state index in [0.29, 0.717) is 16.1 Å². The molecule has 0 saturated heterocycles. The van der Waals surface area contributed by atoms with E-state index >= 15 is 0 Å². The highest BCUT2D eigenvalue weighted by Crippen LogP contribution is 2.42. The molecule has 0 amide bonds. The second kappa shape index (κ2) is 5.01. The molecular weight excluding hydrogens is 269 g/mol. The van der Waals surface area contributed by atoms with Crippen molar-refractivity contribution in [2.75, 3.05) is 0 Å². The van der Waals surface area contributed by atoms with Gasteiger partial charge < -0.3 is 10.4 Å². The molecule has 1 aliphatic carbocycles. The van der Waals surface area contributed by atoms with Gasteiger partial charge in [0.15, 0.2) is 0 Å². The quantitative estimate of drug-likeness (QED) is 0.886. The van der Waals surface area contributed by atoms with Crippen LogP contribution in [0.4, 0.5) is 0 Å². The molecule has 2 N–H and O–H groups in total. The zero-order chi connectivity index (χ0) is 13.5. The summed E-state index contributed by atoms with van der Waals surface area (Å²) in [6.07, 6.45) is 0.562. The molecule has 0 heterocycles. The van der Waals surface area contributed by atoms with Crippen LogP contribution in [-0.2, 0) is 0 Å². The first-order valence-corrected chi connectivity index (χ1v) is 6.97. The summed E-state index contributed by atoms with van der Waals surface area (Å²) in [5.41, 5.74) is 0.917. The molecule has 3 unspecified atom stereocenters. The zero-order valence-corrected chi connectivity index (χ0v) is 12.4. The van der Waals surface area contributed by atoms with E-state index in [1.165, 1.54) is 0 Å². The van der Waals surface area contributed by atoms with Crippen molar-refractivity contribution in [3.05, 3.63) is 33.8 Å². The molecule has 0 spiro atoms. The van der Waals surface area contributed by atoms with Crippen LogP contribution in [0.1, 0.15) is 38.8 Å². The van der Waals surface area contributed by atoms with Crippen LogP contribution in [-0.4, -0.2) is 17.3 Å². The third kappa shape index (κ3) is 2.39. The van der Waals surface area contributed by atoms with Crippen LogP contribution in [0.15, 0.2) is 18.2 Å².